The van der Waals surface area contributed by atoms with Gasteiger partial charge in [0.15, 0.2) is 0 Å². The van der Waals surface area contributed by atoms with Crippen molar-refractivity contribution in [2.24, 2.45) is 5.92 Å². The topological polar surface area (TPSA) is 64.0 Å². The van der Waals surface area contributed by atoms with Crippen molar-refractivity contribution in [3.8, 4) is 0 Å². The van der Waals surface area contributed by atoms with E-state index in [1.165, 1.54) is 11.1 Å². The van der Waals surface area contributed by atoms with E-state index in [-0.39, 0.29) is 17.5 Å². The maximum absolute atomic E-state index is 13.2. The summed E-state index contributed by atoms with van der Waals surface area (Å²) in [5, 5.41) is 9.25. The van der Waals surface area contributed by atoms with Gasteiger partial charge >= 0.3 is 0 Å². The second-order valence-corrected chi connectivity index (χ2v) is 8.74. The fourth-order valence-electron chi connectivity index (χ4n) is 4.09. The first-order chi connectivity index (χ1) is 13.0. The number of nitrogens with one attached hydrogen (secondary N) is 1. The second kappa shape index (κ2) is 7.08. The molecule has 0 bridgehead atoms. The van der Waals surface area contributed by atoms with E-state index >= 15 is 0 Å². The molecule has 1 aliphatic rings. The molecule has 0 saturated heterocycles. The summed E-state index contributed by atoms with van der Waals surface area (Å²) < 4.78 is 3.34. The second-order valence-electron chi connectivity index (χ2n) is 7.69. The van der Waals surface area contributed by atoms with Crippen molar-refractivity contribution in [2.45, 2.75) is 58.5 Å². The van der Waals surface area contributed by atoms with E-state index in [1.54, 1.807) is 18.3 Å². The average Bonchev–Trinajstić information content (AvgIpc) is 3.06. The number of carbonyl (C=O) groups is 1. The molecule has 5 nitrogen and oxygen atoms in total. The highest BCUT2D eigenvalue weighted by Crippen LogP contribution is 2.33. The first kappa shape index (κ1) is 18.2. The number of fused-ring (bicyclic) bond motifs is 3. The lowest BCUT2D eigenvalue weighted by Crippen LogP contribution is -2.45. The van der Waals surface area contributed by atoms with Crippen LogP contribution in [0.15, 0.2) is 29.1 Å². The Bertz CT molecular complexity index is 1070. The monoisotopic (exact) mass is 383 g/mol. The number of aryl methyl sites for hydroxylation is 1. The van der Waals surface area contributed by atoms with Gasteiger partial charge in [-0.2, -0.15) is 5.10 Å². The molecule has 1 N–H and O–H groups in total. The maximum Gasteiger partial charge on any atom is 0.276 e. The largest absolute Gasteiger partial charge is 0.351 e. The van der Waals surface area contributed by atoms with Gasteiger partial charge in [0.25, 0.3) is 5.56 Å². The van der Waals surface area contributed by atoms with Crippen molar-refractivity contribution in [3.05, 3.63) is 40.3 Å². The van der Waals surface area contributed by atoms with Crippen molar-refractivity contribution in [1.29, 1.82) is 0 Å². The fourth-order valence-corrected chi connectivity index (χ4v) is 5.22. The Hall–Kier alpha value is -2.21. The average molecular weight is 384 g/mol. The molecule has 1 amide bonds. The van der Waals surface area contributed by atoms with Crippen molar-refractivity contribution in [2.75, 3.05) is 0 Å². The molecule has 2 aromatic heterocycles. The van der Waals surface area contributed by atoms with Gasteiger partial charge in [0.1, 0.15) is 6.04 Å². The Balaban J connectivity index is 1.72. The lowest BCUT2D eigenvalue weighted by molar-refractivity contribution is -0.125. The van der Waals surface area contributed by atoms with Gasteiger partial charge in [-0.3, -0.25) is 9.59 Å². The summed E-state index contributed by atoms with van der Waals surface area (Å²) in [6.07, 6.45) is 4.53. The van der Waals surface area contributed by atoms with E-state index in [1.807, 2.05) is 31.2 Å². The molecule has 0 spiro atoms. The first-order valence-electron chi connectivity index (χ1n) is 9.68. The molecule has 1 fully saturated rings. The fraction of sp³-hybridized carbons (Fsp3) is 0.476. The number of amides is 1. The Morgan fingerprint density at radius 3 is 2.81 bits per heavy atom. The Kier molecular flexibility index (Phi) is 4.76. The molecule has 0 unspecified atom stereocenters. The normalized spacial score (nSPS) is 21.4. The highest BCUT2D eigenvalue weighted by molar-refractivity contribution is 7.26. The van der Waals surface area contributed by atoms with Crippen molar-refractivity contribution in [3.63, 3.8) is 0 Å². The van der Waals surface area contributed by atoms with Crippen molar-refractivity contribution >= 4 is 37.4 Å². The molecule has 1 saturated carbocycles. The van der Waals surface area contributed by atoms with Crippen LogP contribution in [0.1, 0.15) is 51.3 Å². The van der Waals surface area contributed by atoms with Gasteiger partial charge in [0.05, 0.1) is 15.8 Å². The Morgan fingerprint density at radius 2 is 2.04 bits per heavy atom. The number of rotatable bonds is 3. The van der Waals surface area contributed by atoms with E-state index in [0.29, 0.717) is 11.3 Å². The van der Waals surface area contributed by atoms with Gasteiger partial charge in [0, 0.05) is 16.1 Å². The summed E-state index contributed by atoms with van der Waals surface area (Å²) in [5.74, 6) is 0.353. The molecule has 2 heterocycles. The van der Waals surface area contributed by atoms with Crippen LogP contribution in [0.3, 0.4) is 0 Å². The molecular weight excluding hydrogens is 358 g/mol. The minimum absolute atomic E-state index is 0.123. The van der Waals surface area contributed by atoms with E-state index in [9.17, 15) is 9.59 Å². The van der Waals surface area contributed by atoms with Crippen LogP contribution < -0.4 is 10.9 Å². The zero-order valence-corrected chi connectivity index (χ0v) is 16.8. The van der Waals surface area contributed by atoms with Crippen LogP contribution in [0.5, 0.6) is 0 Å². The number of nitrogens with zero attached hydrogens (tertiary/aromatic N) is 2. The quantitative estimate of drug-likeness (QED) is 0.738. The maximum atomic E-state index is 13.2. The number of thiophene rings is 1. The summed E-state index contributed by atoms with van der Waals surface area (Å²) in [4.78, 5) is 26.0. The van der Waals surface area contributed by atoms with Crippen LogP contribution in [0.4, 0.5) is 0 Å². The lowest BCUT2D eigenvalue weighted by Gasteiger charge is -2.30. The van der Waals surface area contributed by atoms with Gasteiger partial charge < -0.3 is 5.32 Å². The van der Waals surface area contributed by atoms with Crippen LogP contribution >= 0.6 is 11.3 Å². The Labute approximate surface area is 162 Å². The summed E-state index contributed by atoms with van der Waals surface area (Å²) in [5.41, 5.74) is 0.601. The predicted octanol–water partition coefficient (Wildman–Crippen LogP) is 4.18. The van der Waals surface area contributed by atoms with Crippen molar-refractivity contribution < 1.29 is 4.79 Å². The van der Waals surface area contributed by atoms with Crippen LogP contribution in [0.25, 0.3) is 20.2 Å². The van der Waals surface area contributed by atoms with E-state index in [0.717, 1.165) is 39.7 Å². The van der Waals surface area contributed by atoms with Gasteiger partial charge in [-0.1, -0.05) is 38.0 Å². The van der Waals surface area contributed by atoms with Crippen LogP contribution in [0, 0.1) is 12.8 Å². The summed E-state index contributed by atoms with van der Waals surface area (Å²) in [6.45, 7) is 5.85. The number of hydrogen-bond acceptors (Lipinski definition) is 4. The summed E-state index contributed by atoms with van der Waals surface area (Å²) >= 11 is 1.58. The zero-order valence-electron chi connectivity index (χ0n) is 16.0. The summed E-state index contributed by atoms with van der Waals surface area (Å²) in [6, 6.07) is 7.46. The highest BCUT2D eigenvalue weighted by atomic mass is 32.1. The molecule has 27 heavy (non-hydrogen) atoms. The number of hydrogen-bond donors (Lipinski definition) is 1. The predicted molar refractivity (Wildman–Crippen MR) is 110 cm³/mol. The smallest absolute Gasteiger partial charge is 0.276 e. The SMILES string of the molecule is Cc1nn([C@H](C)C(=O)N[C@H]2CCCC[C@@H]2C)c(=O)c2c1sc1ccccc12. The van der Waals surface area contributed by atoms with E-state index in [2.05, 4.69) is 17.3 Å². The third-order valence-electron chi connectivity index (χ3n) is 5.79. The minimum Gasteiger partial charge on any atom is -0.351 e. The third-order valence-corrected chi connectivity index (χ3v) is 7.07. The molecule has 3 atom stereocenters. The number of benzene rings is 1. The summed E-state index contributed by atoms with van der Waals surface area (Å²) in [7, 11) is 0. The molecular formula is C21H25N3O2S. The van der Waals surface area contributed by atoms with E-state index in [4.69, 9.17) is 0 Å². The molecule has 1 aromatic carbocycles. The third kappa shape index (κ3) is 3.16. The molecule has 6 heteroatoms. The number of carbonyl (C=O) groups excluding carboxylic acids is 1. The van der Waals surface area contributed by atoms with Crippen LogP contribution in [-0.2, 0) is 4.79 Å². The van der Waals surface area contributed by atoms with Gasteiger partial charge in [-0.15, -0.1) is 11.3 Å². The molecule has 142 valence electrons. The van der Waals surface area contributed by atoms with Gasteiger partial charge in [-0.25, -0.2) is 4.68 Å². The Morgan fingerprint density at radius 1 is 1.30 bits per heavy atom. The molecule has 0 radical (unpaired) electrons. The van der Waals surface area contributed by atoms with Crippen LogP contribution in [-0.4, -0.2) is 21.7 Å². The lowest BCUT2D eigenvalue weighted by atomic mass is 9.86. The zero-order chi connectivity index (χ0) is 19.1. The minimum atomic E-state index is -0.631. The van der Waals surface area contributed by atoms with Crippen molar-refractivity contribution in [1.82, 2.24) is 15.1 Å². The molecule has 1 aliphatic carbocycles. The highest BCUT2D eigenvalue weighted by Gasteiger charge is 2.27. The van der Waals surface area contributed by atoms with Gasteiger partial charge in [0.2, 0.25) is 5.91 Å². The molecule has 4 rings (SSSR count). The van der Waals surface area contributed by atoms with Gasteiger partial charge in [-0.05, 0) is 38.7 Å². The van der Waals surface area contributed by atoms with E-state index < -0.39 is 6.04 Å². The molecule has 3 aromatic rings. The number of aromatic nitrogens is 2. The standard InChI is InChI=1S/C21H25N3O2S/c1-12-8-4-6-10-16(12)22-20(25)14(3)24-21(26)18-15-9-5-7-11-17(15)27-19(18)13(2)23-24/h5,7,9,11-12,14,16H,4,6,8,10H2,1-3H3,(H,22,25)/t12-,14+,16-/m0/s1. The first-order valence-corrected chi connectivity index (χ1v) is 10.5. The molecule has 0 aliphatic heterocycles. The van der Waals surface area contributed by atoms with Crippen LogP contribution in [0.2, 0.25) is 0 Å².